The largest absolute Gasteiger partial charge is 0.269 e. The first kappa shape index (κ1) is 18.9. The Balaban J connectivity index is 1.75. The molecular formula is C20H15Cl2N5S. The number of aromatic nitrogens is 5. The SMILES string of the molecule is Cc1ccc(-n2c(SCc3c(Cl)cccc3Cl)nnc2-c2cnccn2)cc1. The quantitative estimate of drug-likeness (QED) is 0.386. The third-order valence-corrected chi connectivity index (χ3v) is 5.79. The van der Waals surface area contributed by atoms with E-state index < -0.39 is 0 Å². The van der Waals surface area contributed by atoms with E-state index in [0.29, 0.717) is 27.3 Å². The molecule has 0 saturated carbocycles. The van der Waals surface area contributed by atoms with Gasteiger partial charge >= 0.3 is 0 Å². The number of nitrogens with zero attached hydrogens (tertiary/aromatic N) is 5. The fourth-order valence-electron chi connectivity index (χ4n) is 2.68. The van der Waals surface area contributed by atoms with Crippen molar-refractivity contribution in [3.05, 3.63) is 82.2 Å². The second-order valence-electron chi connectivity index (χ2n) is 6.06. The van der Waals surface area contributed by atoms with Gasteiger partial charge in [-0.2, -0.15) is 0 Å². The molecule has 0 aliphatic rings. The van der Waals surface area contributed by atoms with Gasteiger partial charge in [0.15, 0.2) is 11.0 Å². The van der Waals surface area contributed by atoms with E-state index in [1.54, 1.807) is 18.6 Å². The van der Waals surface area contributed by atoms with Crippen molar-refractivity contribution < 1.29 is 0 Å². The standard InChI is InChI=1S/C20H15Cl2N5S/c1-13-5-7-14(8-6-13)27-19(18-11-23-9-10-24-18)25-26-20(27)28-12-15-16(21)3-2-4-17(15)22/h2-11H,12H2,1H3. The molecule has 5 nitrogen and oxygen atoms in total. The molecule has 0 radical (unpaired) electrons. The molecule has 4 rings (SSSR count). The van der Waals surface area contributed by atoms with Crippen LogP contribution in [0.2, 0.25) is 10.0 Å². The van der Waals surface area contributed by atoms with Crippen molar-refractivity contribution in [2.45, 2.75) is 17.8 Å². The van der Waals surface area contributed by atoms with Crippen molar-refractivity contribution >= 4 is 35.0 Å². The first-order valence-electron chi connectivity index (χ1n) is 8.48. The number of hydrogen-bond donors (Lipinski definition) is 0. The van der Waals surface area contributed by atoms with E-state index in [9.17, 15) is 0 Å². The Bertz CT molecular complexity index is 1080. The molecule has 0 aliphatic heterocycles. The van der Waals surface area contributed by atoms with Crippen LogP contribution in [0.5, 0.6) is 0 Å². The van der Waals surface area contributed by atoms with Crippen molar-refractivity contribution in [2.75, 3.05) is 0 Å². The van der Waals surface area contributed by atoms with Crippen LogP contribution >= 0.6 is 35.0 Å². The van der Waals surface area contributed by atoms with Gasteiger partial charge in [-0.1, -0.05) is 58.7 Å². The molecule has 0 atom stereocenters. The first-order chi connectivity index (χ1) is 13.6. The van der Waals surface area contributed by atoms with E-state index in [1.165, 1.54) is 17.3 Å². The lowest BCUT2D eigenvalue weighted by Crippen LogP contribution is -2.01. The van der Waals surface area contributed by atoms with Gasteiger partial charge in [0, 0.05) is 33.9 Å². The topological polar surface area (TPSA) is 56.5 Å². The maximum atomic E-state index is 6.31. The minimum atomic E-state index is 0.572. The zero-order valence-electron chi connectivity index (χ0n) is 14.9. The molecule has 0 spiro atoms. The highest BCUT2D eigenvalue weighted by Crippen LogP contribution is 2.33. The molecular weight excluding hydrogens is 413 g/mol. The molecule has 2 heterocycles. The summed E-state index contributed by atoms with van der Waals surface area (Å²) in [5.41, 5.74) is 3.65. The smallest absolute Gasteiger partial charge is 0.196 e. The van der Waals surface area contributed by atoms with Crippen LogP contribution in [-0.2, 0) is 5.75 Å². The van der Waals surface area contributed by atoms with Crippen molar-refractivity contribution in [3.8, 4) is 17.2 Å². The van der Waals surface area contributed by atoms with Crippen LogP contribution in [0.3, 0.4) is 0 Å². The summed E-state index contributed by atoms with van der Waals surface area (Å²) >= 11 is 14.1. The molecule has 0 amide bonds. The molecule has 8 heteroatoms. The Morgan fingerprint density at radius 3 is 2.39 bits per heavy atom. The van der Waals surface area contributed by atoms with Crippen LogP contribution in [0.1, 0.15) is 11.1 Å². The van der Waals surface area contributed by atoms with Crippen molar-refractivity contribution in [2.24, 2.45) is 0 Å². The highest BCUT2D eigenvalue weighted by atomic mass is 35.5. The van der Waals surface area contributed by atoms with E-state index in [4.69, 9.17) is 23.2 Å². The summed E-state index contributed by atoms with van der Waals surface area (Å²) in [7, 11) is 0. The predicted molar refractivity (Wildman–Crippen MR) is 113 cm³/mol. The van der Waals surface area contributed by atoms with Gasteiger partial charge in [0.05, 0.1) is 6.20 Å². The molecule has 0 fully saturated rings. The Morgan fingerprint density at radius 2 is 1.71 bits per heavy atom. The molecule has 0 bridgehead atoms. The van der Waals surface area contributed by atoms with E-state index in [-0.39, 0.29) is 0 Å². The van der Waals surface area contributed by atoms with Gasteiger partial charge in [-0.3, -0.25) is 9.55 Å². The van der Waals surface area contributed by atoms with Gasteiger partial charge in [0.2, 0.25) is 0 Å². The van der Waals surface area contributed by atoms with E-state index in [2.05, 4.69) is 39.2 Å². The molecule has 28 heavy (non-hydrogen) atoms. The lowest BCUT2D eigenvalue weighted by molar-refractivity contribution is 0.884. The summed E-state index contributed by atoms with van der Waals surface area (Å²) in [5.74, 6) is 1.20. The van der Waals surface area contributed by atoms with Crippen LogP contribution in [0.15, 0.2) is 66.2 Å². The summed E-state index contributed by atoms with van der Waals surface area (Å²) < 4.78 is 1.97. The van der Waals surface area contributed by atoms with Crippen LogP contribution in [-0.4, -0.2) is 24.7 Å². The van der Waals surface area contributed by atoms with Crippen molar-refractivity contribution in [3.63, 3.8) is 0 Å². The average Bonchev–Trinajstić information content (AvgIpc) is 3.13. The molecule has 0 saturated heterocycles. The highest BCUT2D eigenvalue weighted by Gasteiger charge is 2.18. The lowest BCUT2D eigenvalue weighted by Gasteiger charge is -2.11. The number of halogens is 2. The number of benzene rings is 2. The second kappa shape index (κ2) is 8.31. The summed E-state index contributed by atoms with van der Waals surface area (Å²) in [6, 6.07) is 13.7. The van der Waals surface area contributed by atoms with Crippen LogP contribution in [0.25, 0.3) is 17.2 Å². The normalized spacial score (nSPS) is 11.0. The Kier molecular flexibility index (Phi) is 5.62. The van der Waals surface area contributed by atoms with Crippen molar-refractivity contribution in [1.29, 1.82) is 0 Å². The number of thioether (sulfide) groups is 1. The van der Waals surface area contributed by atoms with Gasteiger partial charge in [-0.25, -0.2) is 4.98 Å². The number of aryl methyl sites for hydroxylation is 1. The van der Waals surface area contributed by atoms with Gasteiger partial charge in [-0.15, -0.1) is 10.2 Å². The van der Waals surface area contributed by atoms with Gasteiger partial charge < -0.3 is 0 Å². The van der Waals surface area contributed by atoms with E-state index >= 15 is 0 Å². The lowest BCUT2D eigenvalue weighted by atomic mass is 10.2. The Morgan fingerprint density at radius 1 is 0.964 bits per heavy atom. The molecule has 0 N–H and O–H groups in total. The fourth-order valence-corrected chi connectivity index (χ4v) is 4.37. The predicted octanol–water partition coefficient (Wildman–Crippen LogP) is 5.63. The van der Waals surface area contributed by atoms with Gasteiger partial charge in [-0.05, 0) is 36.8 Å². The maximum Gasteiger partial charge on any atom is 0.196 e. The van der Waals surface area contributed by atoms with Gasteiger partial charge in [0.25, 0.3) is 0 Å². The molecule has 140 valence electrons. The Labute approximate surface area is 176 Å². The molecule has 4 aromatic rings. The molecule has 0 aliphatic carbocycles. The Hall–Kier alpha value is -2.41. The zero-order chi connectivity index (χ0) is 19.5. The maximum absolute atomic E-state index is 6.31. The summed E-state index contributed by atoms with van der Waals surface area (Å²) in [5, 5.41) is 10.7. The summed E-state index contributed by atoms with van der Waals surface area (Å²) in [6.07, 6.45) is 4.94. The zero-order valence-corrected chi connectivity index (χ0v) is 17.2. The van der Waals surface area contributed by atoms with Gasteiger partial charge in [0.1, 0.15) is 5.69 Å². The molecule has 0 unspecified atom stereocenters. The number of hydrogen-bond acceptors (Lipinski definition) is 5. The third kappa shape index (κ3) is 3.90. The minimum Gasteiger partial charge on any atom is -0.269 e. The third-order valence-electron chi connectivity index (χ3n) is 4.13. The first-order valence-corrected chi connectivity index (χ1v) is 10.2. The molecule has 2 aromatic heterocycles. The average molecular weight is 428 g/mol. The molecule has 2 aromatic carbocycles. The monoisotopic (exact) mass is 427 g/mol. The van der Waals surface area contributed by atoms with Crippen molar-refractivity contribution in [1.82, 2.24) is 24.7 Å². The van der Waals surface area contributed by atoms with Crippen LogP contribution < -0.4 is 0 Å². The van der Waals surface area contributed by atoms with Crippen LogP contribution in [0.4, 0.5) is 0 Å². The van der Waals surface area contributed by atoms with E-state index in [0.717, 1.165) is 16.4 Å². The minimum absolute atomic E-state index is 0.572. The summed E-state index contributed by atoms with van der Waals surface area (Å²) in [6.45, 7) is 2.05. The van der Waals surface area contributed by atoms with Crippen LogP contribution in [0, 0.1) is 6.92 Å². The highest BCUT2D eigenvalue weighted by molar-refractivity contribution is 7.98. The summed E-state index contributed by atoms with van der Waals surface area (Å²) in [4.78, 5) is 8.53. The number of rotatable bonds is 5. The van der Waals surface area contributed by atoms with E-state index in [1.807, 2.05) is 34.9 Å². The second-order valence-corrected chi connectivity index (χ2v) is 7.81. The fraction of sp³-hybridized carbons (Fsp3) is 0.100.